The summed E-state index contributed by atoms with van der Waals surface area (Å²) < 4.78 is 25.4. The second kappa shape index (κ2) is 11.8. The molecule has 0 radical (unpaired) electrons. The Morgan fingerprint density at radius 3 is 2.50 bits per heavy atom. The van der Waals surface area contributed by atoms with E-state index in [-0.39, 0.29) is 17.9 Å². The molecule has 1 heterocycles. The number of nitrogens with one attached hydrogen (secondary N) is 2. The molecular weight excluding hydrogens is 553 g/mol. The topological polar surface area (TPSA) is 114 Å². The molecule has 3 amide bonds. The van der Waals surface area contributed by atoms with Crippen molar-refractivity contribution in [2.45, 2.75) is 89.2 Å². The van der Waals surface area contributed by atoms with Crippen molar-refractivity contribution in [1.29, 1.82) is 0 Å². The molecule has 4 rings (SSSR count). The number of halogens is 1. The van der Waals surface area contributed by atoms with Gasteiger partial charge in [0.1, 0.15) is 29.2 Å². The van der Waals surface area contributed by atoms with Crippen molar-refractivity contribution < 1.29 is 28.2 Å². The monoisotopic (exact) mass is 593 g/mol. The molecule has 0 spiro atoms. The number of ether oxygens (including phenoxy) is 1. The highest BCUT2D eigenvalue weighted by atomic mass is 35.5. The van der Waals surface area contributed by atoms with Crippen molar-refractivity contribution in [1.82, 2.24) is 15.5 Å². The third-order valence-electron chi connectivity index (χ3n) is 8.20. The van der Waals surface area contributed by atoms with Gasteiger partial charge in [-0.2, -0.15) is 0 Å². The Labute approximate surface area is 241 Å². The molecular formula is C29H41ClN3O6P. The average Bonchev–Trinajstić information content (AvgIpc) is 3.20. The Kier molecular flexibility index (Phi) is 8.96. The predicted octanol–water partition coefficient (Wildman–Crippen LogP) is 5.72. The van der Waals surface area contributed by atoms with Crippen LogP contribution in [0.5, 0.6) is 5.75 Å². The molecule has 0 bridgehead atoms. The van der Waals surface area contributed by atoms with Crippen molar-refractivity contribution in [3.8, 4) is 5.75 Å². The van der Waals surface area contributed by atoms with Crippen LogP contribution in [0.25, 0.3) is 0 Å². The highest BCUT2D eigenvalue weighted by Crippen LogP contribution is 2.69. The van der Waals surface area contributed by atoms with Gasteiger partial charge in [-0.05, 0) is 68.6 Å². The first-order chi connectivity index (χ1) is 18.8. The SMILES string of the molecule is C=C[C@@H]1C[C@]1(NC(=O)[C@@H]1CCCN1C(=O)C(NC(=O)OC1CCCC1)C(C)(C)C)P(C)(=O)Oc1cccc(Cl)c1. The van der Waals surface area contributed by atoms with Gasteiger partial charge in [-0.25, -0.2) is 4.79 Å². The van der Waals surface area contributed by atoms with Gasteiger partial charge in [0.25, 0.3) is 7.37 Å². The van der Waals surface area contributed by atoms with E-state index in [0.29, 0.717) is 36.6 Å². The number of nitrogens with zero attached hydrogens (tertiary/aromatic N) is 1. The van der Waals surface area contributed by atoms with Crippen LogP contribution in [0.4, 0.5) is 4.79 Å². The Morgan fingerprint density at radius 2 is 1.90 bits per heavy atom. The molecule has 1 saturated heterocycles. The summed E-state index contributed by atoms with van der Waals surface area (Å²) in [6.07, 6.45) is 6.12. The fourth-order valence-corrected chi connectivity index (χ4v) is 8.21. The van der Waals surface area contributed by atoms with E-state index >= 15 is 0 Å². The fraction of sp³-hybridized carbons (Fsp3) is 0.621. The van der Waals surface area contributed by atoms with E-state index in [2.05, 4.69) is 17.2 Å². The van der Waals surface area contributed by atoms with Crippen molar-refractivity contribution in [3.63, 3.8) is 0 Å². The van der Waals surface area contributed by atoms with E-state index in [1.54, 1.807) is 30.3 Å². The van der Waals surface area contributed by atoms with Gasteiger partial charge in [0, 0.05) is 24.2 Å². The van der Waals surface area contributed by atoms with Crippen LogP contribution in [-0.4, -0.2) is 59.5 Å². The first kappa shape index (κ1) is 30.4. The second-order valence-corrected chi connectivity index (χ2v) is 15.4. The van der Waals surface area contributed by atoms with E-state index in [0.717, 1.165) is 25.7 Å². The molecule has 11 heteroatoms. The van der Waals surface area contributed by atoms with Gasteiger partial charge >= 0.3 is 6.09 Å². The fourth-order valence-electron chi connectivity index (χ4n) is 5.80. The number of hydrogen-bond donors (Lipinski definition) is 2. The maximum absolute atomic E-state index is 13.9. The van der Waals surface area contributed by atoms with E-state index in [1.165, 1.54) is 11.6 Å². The van der Waals surface area contributed by atoms with Crippen LogP contribution >= 0.6 is 19.0 Å². The van der Waals surface area contributed by atoms with Gasteiger partial charge in [0.2, 0.25) is 11.8 Å². The summed E-state index contributed by atoms with van der Waals surface area (Å²) in [5, 5.41) is 5.10. The number of hydrogen-bond acceptors (Lipinski definition) is 6. The number of rotatable bonds is 9. The molecule has 40 heavy (non-hydrogen) atoms. The third-order valence-corrected chi connectivity index (χ3v) is 11.1. The van der Waals surface area contributed by atoms with E-state index in [9.17, 15) is 18.9 Å². The number of carbonyl (C=O) groups excluding carboxylic acids is 3. The summed E-state index contributed by atoms with van der Waals surface area (Å²) in [4.78, 5) is 41.7. The summed E-state index contributed by atoms with van der Waals surface area (Å²) in [6.45, 7) is 11.3. The molecule has 3 fully saturated rings. The average molecular weight is 594 g/mol. The van der Waals surface area contributed by atoms with Crippen LogP contribution in [0.2, 0.25) is 5.02 Å². The predicted molar refractivity (Wildman–Crippen MR) is 155 cm³/mol. The molecule has 5 atom stereocenters. The van der Waals surface area contributed by atoms with Crippen LogP contribution in [0.3, 0.4) is 0 Å². The van der Waals surface area contributed by atoms with Gasteiger partial charge < -0.3 is 24.8 Å². The zero-order valence-electron chi connectivity index (χ0n) is 23.8. The molecule has 1 aliphatic heterocycles. The minimum absolute atomic E-state index is 0.132. The maximum atomic E-state index is 13.9. The minimum atomic E-state index is -3.45. The zero-order chi connectivity index (χ0) is 29.3. The van der Waals surface area contributed by atoms with Crippen molar-refractivity contribution >= 4 is 36.9 Å². The number of alkyl carbamates (subject to hydrolysis) is 1. The Hall–Kier alpha value is -2.51. The standard InChI is InChI=1S/C29H41ClN3O6P/c1-6-19-18-29(19,40(5,37)39-22-14-9-11-20(30)17-22)32-25(34)23-15-10-16-33(23)26(35)24(28(2,3)4)31-27(36)38-21-12-7-8-13-21/h6,9,11,14,17,19,21,23-24H,1,7-8,10,12-13,15-16,18H2,2-5H3,(H,31,36)(H,32,34)/t19-,23+,24?,29+,40?/m1/s1. The molecule has 1 aromatic rings. The van der Waals surface area contributed by atoms with Crippen molar-refractivity contribution in [3.05, 3.63) is 41.9 Å². The summed E-state index contributed by atoms with van der Waals surface area (Å²) in [6, 6.07) is 4.99. The second-order valence-electron chi connectivity index (χ2n) is 12.3. The maximum Gasteiger partial charge on any atom is 0.408 e. The van der Waals surface area contributed by atoms with Crippen LogP contribution in [0, 0.1) is 11.3 Å². The first-order valence-corrected chi connectivity index (χ1v) is 16.5. The summed E-state index contributed by atoms with van der Waals surface area (Å²) in [5.41, 5.74) is -0.620. The number of carbonyl (C=O) groups is 3. The van der Waals surface area contributed by atoms with Gasteiger partial charge in [-0.15, -0.1) is 6.58 Å². The Balaban J connectivity index is 1.48. The lowest BCUT2D eigenvalue weighted by molar-refractivity contribution is -0.142. The highest BCUT2D eigenvalue weighted by molar-refractivity contribution is 7.60. The molecule has 3 aliphatic rings. The molecule has 0 aromatic heterocycles. The molecule has 2 aliphatic carbocycles. The quantitative estimate of drug-likeness (QED) is 0.280. The number of likely N-dealkylation sites (tertiary alicyclic amines) is 1. The molecule has 220 valence electrons. The minimum Gasteiger partial charge on any atom is -0.446 e. The third kappa shape index (κ3) is 6.52. The molecule has 1 aromatic carbocycles. The number of benzene rings is 1. The van der Waals surface area contributed by atoms with Crippen LogP contribution in [0.15, 0.2) is 36.9 Å². The van der Waals surface area contributed by atoms with Crippen LogP contribution < -0.4 is 15.2 Å². The summed E-state index contributed by atoms with van der Waals surface area (Å²) in [7, 11) is -3.45. The molecule has 9 nitrogen and oxygen atoms in total. The zero-order valence-corrected chi connectivity index (χ0v) is 25.4. The molecule has 2 N–H and O–H groups in total. The van der Waals surface area contributed by atoms with Gasteiger partial charge in [-0.3, -0.25) is 14.2 Å². The van der Waals surface area contributed by atoms with E-state index in [4.69, 9.17) is 20.9 Å². The summed E-state index contributed by atoms with van der Waals surface area (Å²) in [5.74, 6) is -0.629. The Morgan fingerprint density at radius 1 is 1.20 bits per heavy atom. The first-order valence-electron chi connectivity index (χ1n) is 14.0. The lowest BCUT2D eigenvalue weighted by atomic mass is 9.85. The van der Waals surface area contributed by atoms with E-state index in [1.807, 2.05) is 20.8 Å². The van der Waals surface area contributed by atoms with Crippen molar-refractivity contribution in [2.24, 2.45) is 11.3 Å². The number of amides is 3. The lowest BCUT2D eigenvalue weighted by Gasteiger charge is -2.36. The smallest absolute Gasteiger partial charge is 0.408 e. The van der Waals surface area contributed by atoms with Gasteiger partial charge in [-0.1, -0.05) is 44.5 Å². The Bertz CT molecular complexity index is 1200. The molecule has 2 saturated carbocycles. The van der Waals surface area contributed by atoms with E-state index < -0.39 is 42.1 Å². The van der Waals surface area contributed by atoms with Crippen LogP contribution in [-0.2, 0) is 18.9 Å². The van der Waals surface area contributed by atoms with Gasteiger partial charge in [0.15, 0.2) is 0 Å². The highest BCUT2D eigenvalue weighted by Gasteiger charge is 2.66. The normalized spacial score (nSPS) is 26.9. The molecule has 2 unspecified atom stereocenters. The van der Waals surface area contributed by atoms with Crippen molar-refractivity contribution in [2.75, 3.05) is 13.2 Å². The lowest BCUT2D eigenvalue weighted by Crippen LogP contribution is -2.58. The van der Waals surface area contributed by atoms with Gasteiger partial charge in [0.05, 0.1) is 0 Å². The van der Waals surface area contributed by atoms with Crippen LogP contribution in [0.1, 0.15) is 65.7 Å². The summed E-state index contributed by atoms with van der Waals surface area (Å²) >= 11 is 6.08. The largest absolute Gasteiger partial charge is 0.446 e.